The largest absolute Gasteiger partial charge is 0.508 e. The number of halogens is 1. The van der Waals surface area contributed by atoms with Gasteiger partial charge in [0.1, 0.15) is 17.1 Å². The summed E-state index contributed by atoms with van der Waals surface area (Å²) in [4.78, 5) is 42.6. The Morgan fingerprint density at radius 3 is 2.47 bits per heavy atom. The van der Waals surface area contributed by atoms with Gasteiger partial charge < -0.3 is 10.4 Å². The number of carbonyl (C=O) groups is 3. The fourth-order valence-corrected chi connectivity index (χ4v) is 6.56. The van der Waals surface area contributed by atoms with Gasteiger partial charge in [0, 0.05) is 23.3 Å². The third-order valence-electron chi connectivity index (χ3n) is 8.04. The molecule has 2 aromatic carbocycles. The molecule has 3 fully saturated rings. The van der Waals surface area contributed by atoms with E-state index in [1.54, 1.807) is 24.3 Å². The molecule has 4 atom stereocenters. The zero-order valence-corrected chi connectivity index (χ0v) is 18.6. The number of amides is 3. The van der Waals surface area contributed by atoms with Crippen molar-refractivity contribution in [3.63, 3.8) is 0 Å². The normalized spacial score (nSPS) is 30.7. The zero-order chi connectivity index (χ0) is 23.6. The summed E-state index contributed by atoms with van der Waals surface area (Å²) in [5, 5.41) is 15.8. The summed E-state index contributed by atoms with van der Waals surface area (Å²) < 4.78 is 14.3. The smallest absolute Gasteiger partial charge is 0.250 e. The van der Waals surface area contributed by atoms with Gasteiger partial charge in [0.15, 0.2) is 0 Å². The van der Waals surface area contributed by atoms with E-state index in [1.165, 1.54) is 23.1 Å². The Labute approximate surface area is 196 Å². The van der Waals surface area contributed by atoms with Crippen molar-refractivity contribution >= 4 is 23.4 Å². The Balaban J connectivity index is 1.46. The van der Waals surface area contributed by atoms with Crippen LogP contribution in [0.1, 0.15) is 43.2 Å². The minimum Gasteiger partial charge on any atom is -0.508 e. The maximum Gasteiger partial charge on any atom is 0.250 e. The number of nitrogens with one attached hydrogen (secondary N) is 2. The van der Waals surface area contributed by atoms with Crippen molar-refractivity contribution in [2.75, 3.05) is 5.32 Å². The lowest BCUT2D eigenvalue weighted by Gasteiger charge is -2.34. The van der Waals surface area contributed by atoms with Crippen molar-refractivity contribution < 1.29 is 23.9 Å². The van der Waals surface area contributed by atoms with Crippen LogP contribution in [-0.2, 0) is 26.3 Å². The van der Waals surface area contributed by atoms with E-state index in [2.05, 4.69) is 10.6 Å². The van der Waals surface area contributed by atoms with Gasteiger partial charge in [-0.3, -0.25) is 24.6 Å². The van der Waals surface area contributed by atoms with E-state index in [0.29, 0.717) is 17.7 Å². The number of hydrogen-bond donors (Lipinski definition) is 3. The van der Waals surface area contributed by atoms with E-state index in [0.717, 1.165) is 37.7 Å². The summed E-state index contributed by atoms with van der Waals surface area (Å²) >= 11 is 0. The van der Waals surface area contributed by atoms with E-state index in [4.69, 9.17) is 0 Å². The van der Waals surface area contributed by atoms with Gasteiger partial charge in [-0.1, -0.05) is 31.4 Å². The average molecular weight is 464 g/mol. The third-order valence-corrected chi connectivity index (χ3v) is 8.04. The van der Waals surface area contributed by atoms with Crippen LogP contribution < -0.4 is 10.6 Å². The average Bonchev–Trinajstić information content (AvgIpc) is 3.40. The number of hydrogen-bond acceptors (Lipinski definition) is 5. The summed E-state index contributed by atoms with van der Waals surface area (Å²) in [5.41, 5.74) is 0.201. The second kappa shape index (κ2) is 7.63. The van der Waals surface area contributed by atoms with Crippen molar-refractivity contribution in [3.8, 4) is 5.75 Å². The van der Waals surface area contributed by atoms with Crippen LogP contribution in [-0.4, -0.2) is 39.8 Å². The van der Waals surface area contributed by atoms with Gasteiger partial charge >= 0.3 is 0 Å². The van der Waals surface area contributed by atoms with Crippen molar-refractivity contribution in [1.29, 1.82) is 0 Å². The first kappa shape index (κ1) is 21.3. The van der Waals surface area contributed by atoms with E-state index < -0.39 is 35.1 Å². The van der Waals surface area contributed by atoms with Gasteiger partial charge in [-0.15, -0.1) is 0 Å². The summed E-state index contributed by atoms with van der Waals surface area (Å²) in [5.74, 6) is -3.05. The number of phenols is 1. The zero-order valence-electron chi connectivity index (χ0n) is 18.6. The number of benzene rings is 2. The van der Waals surface area contributed by atoms with Crippen LogP contribution in [0, 0.1) is 17.7 Å². The predicted molar refractivity (Wildman–Crippen MR) is 121 cm³/mol. The maximum absolute atomic E-state index is 14.3. The van der Waals surface area contributed by atoms with E-state index >= 15 is 0 Å². The Morgan fingerprint density at radius 1 is 1.00 bits per heavy atom. The summed E-state index contributed by atoms with van der Waals surface area (Å²) in [6.07, 6.45) is 4.95. The molecule has 1 aliphatic carbocycles. The number of rotatable bonds is 3. The van der Waals surface area contributed by atoms with Crippen LogP contribution >= 0.6 is 0 Å². The van der Waals surface area contributed by atoms with Crippen LogP contribution in [0.2, 0.25) is 0 Å². The molecule has 0 radical (unpaired) electrons. The highest BCUT2D eigenvalue weighted by molar-refractivity contribution is 6.15. The molecule has 1 spiro atoms. The Kier molecular flexibility index (Phi) is 4.78. The number of aromatic hydroxyl groups is 1. The summed E-state index contributed by atoms with van der Waals surface area (Å²) in [6.45, 7) is 0. The lowest BCUT2D eigenvalue weighted by molar-refractivity contribution is -0.146. The second-order valence-corrected chi connectivity index (χ2v) is 9.92. The molecular formula is C26H26FN3O4. The molecule has 3 amide bonds. The molecule has 7 nitrogen and oxygen atoms in total. The molecule has 0 aromatic heterocycles. The topological polar surface area (TPSA) is 98.7 Å². The standard InChI is InChI=1S/C26H26FN3O4/c27-15-8-11-19-18(13-15)26(25(34)28-19)22-21(20(29-26)12-14-6-9-17(31)10-7-14)23(32)30(24(22)33)16-4-2-1-3-5-16/h6-11,13,16,20-22,29,31H,1-5,12H2,(H,28,34)/t20-,21-,22+,26-/m1/s1. The van der Waals surface area contributed by atoms with Gasteiger partial charge in [-0.25, -0.2) is 4.39 Å². The number of likely N-dealkylation sites (tertiary alicyclic amines) is 1. The molecule has 0 bridgehead atoms. The monoisotopic (exact) mass is 463 g/mol. The first-order valence-electron chi connectivity index (χ1n) is 11.9. The highest BCUT2D eigenvalue weighted by atomic mass is 19.1. The molecule has 8 heteroatoms. The van der Waals surface area contributed by atoms with Crippen LogP contribution in [0.4, 0.5) is 10.1 Å². The predicted octanol–water partition coefficient (Wildman–Crippen LogP) is 2.83. The fourth-order valence-electron chi connectivity index (χ4n) is 6.56. The molecule has 0 unspecified atom stereocenters. The lowest BCUT2D eigenvalue weighted by Crippen LogP contribution is -2.54. The number of fused-ring (bicyclic) bond motifs is 4. The van der Waals surface area contributed by atoms with Gasteiger partial charge in [-0.05, 0) is 55.2 Å². The molecular weight excluding hydrogens is 437 g/mol. The Morgan fingerprint density at radius 2 is 1.74 bits per heavy atom. The summed E-state index contributed by atoms with van der Waals surface area (Å²) in [6, 6.07) is 10.1. The van der Waals surface area contributed by atoms with Crippen LogP contribution in [0.5, 0.6) is 5.75 Å². The Bertz CT molecular complexity index is 1190. The number of anilines is 1. The van der Waals surface area contributed by atoms with Gasteiger partial charge in [-0.2, -0.15) is 0 Å². The first-order valence-corrected chi connectivity index (χ1v) is 11.9. The van der Waals surface area contributed by atoms with Crippen molar-refractivity contribution in [1.82, 2.24) is 10.2 Å². The van der Waals surface area contributed by atoms with E-state index in [9.17, 15) is 23.9 Å². The molecule has 3 heterocycles. The Hall–Kier alpha value is -3.26. The summed E-state index contributed by atoms with van der Waals surface area (Å²) in [7, 11) is 0. The van der Waals surface area contributed by atoms with Gasteiger partial charge in [0.05, 0.1) is 11.8 Å². The van der Waals surface area contributed by atoms with Gasteiger partial charge in [0.25, 0.3) is 0 Å². The van der Waals surface area contributed by atoms with Crippen molar-refractivity contribution in [3.05, 3.63) is 59.4 Å². The minimum absolute atomic E-state index is 0.132. The minimum atomic E-state index is -1.50. The fraction of sp³-hybridized carbons (Fsp3) is 0.423. The van der Waals surface area contributed by atoms with E-state index in [-0.39, 0.29) is 23.6 Å². The molecule has 176 valence electrons. The molecule has 4 aliphatic rings. The number of nitrogens with zero attached hydrogens (tertiary/aromatic N) is 1. The quantitative estimate of drug-likeness (QED) is 0.608. The van der Waals surface area contributed by atoms with Crippen LogP contribution in [0.15, 0.2) is 42.5 Å². The van der Waals surface area contributed by atoms with Crippen LogP contribution in [0.25, 0.3) is 0 Å². The molecule has 2 saturated heterocycles. The SMILES string of the molecule is O=C1[C@H]2[C@@H](C(=O)N1C1CCCCC1)[C@@]1(N[C@@H]2Cc2ccc(O)cc2)C(=O)Nc2ccc(F)cc21. The second-order valence-electron chi connectivity index (χ2n) is 9.92. The third kappa shape index (κ3) is 2.94. The molecule has 6 rings (SSSR count). The van der Waals surface area contributed by atoms with Gasteiger partial charge in [0.2, 0.25) is 17.7 Å². The molecule has 34 heavy (non-hydrogen) atoms. The number of phenolic OH excluding ortho intramolecular Hbond substituents is 1. The maximum atomic E-state index is 14.3. The molecule has 1 saturated carbocycles. The lowest BCUT2D eigenvalue weighted by atomic mass is 9.76. The molecule has 3 aliphatic heterocycles. The first-order chi connectivity index (χ1) is 16.4. The van der Waals surface area contributed by atoms with Crippen molar-refractivity contribution in [2.24, 2.45) is 11.8 Å². The molecule has 2 aromatic rings. The number of imide groups is 1. The van der Waals surface area contributed by atoms with Crippen molar-refractivity contribution in [2.45, 2.75) is 56.1 Å². The van der Waals surface area contributed by atoms with Crippen LogP contribution in [0.3, 0.4) is 0 Å². The molecule has 3 N–H and O–H groups in total. The number of carbonyl (C=O) groups excluding carboxylic acids is 3. The highest BCUT2D eigenvalue weighted by Gasteiger charge is 2.70. The highest BCUT2D eigenvalue weighted by Crippen LogP contribution is 2.54. The van der Waals surface area contributed by atoms with E-state index in [1.807, 2.05) is 0 Å².